The SMILES string of the molecule is CC(C)CC(N)C(=O)NCC1CCOC1. The fraction of sp³-hybridized carbons (Fsp3) is 0.909. The summed E-state index contributed by atoms with van der Waals surface area (Å²) < 4.78 is 5.23. The van der Waals surface area contributed by atoms with Crippen molar-refractivity contribution in [3.05, 3.63) is 0 Å². The minimum absolute atomic E-state index is 0.0319. The minimum Gasteiger partial charge on any atom is -0.381 e. The van der Waals surface area contributed by atoms with Crippen LogP contribution in [0.15, 0.2) is 0 Å². The van der Waals surface area contributed by atoms with Gasteiger partial charge in [-0.05, 0) is 18.8 Å². The van der Waals surface area contributed by atoms with E-state index in [1.165, 1.54) is 0 Å². The molecule has 1 fully saturated rings. The van der Waals surface area contributed by atoms with E-state index in [2.05, 4.69) is 19.2 Å². The van der Waals surface area contributed by atoms with Crippen molar-refractivity contribution >= 4 is 5.91 Å². The Labute approximate surface area is 91.5 Å². The van der Waals surface area contributed by atoms with Gasteiger partial charge in [0.25, 0.3) is 0 Å². The number of hydrogen-bond acceptors (Lipinski definition) is 3. The van der Waals surface area contributed by atoms with E-state index < -0.39 is 0 Å². The molecule has 1 aliphatic heterocycles. The summed E-state index contributed by atoms with van der Waals surface area (Å²) >= 11 is 0. The Hall–Kier alpha value is -0.610. The maximum Gasteiger partial charge on any atom is 0.236 e. The molecule has 0 aliphatic carbocycles. The molecule has 0 radical (unpaired) electrons. The highest BCUT2D eigenvalue weighted by atomic mass is 16.5. The van der Waals surface area contributed by atoms with Crippen LogP contribution in [0.1, 0.15) is 26.7 Å². The van der Waals surface area contributed by atoms with Crippen molar-refractivity contribution in [3.8, 4) is 0 Å². The monoisotopic (exact) mass is 214 g/mol. The van der Waals surface area contributed by atoms with Crippen LogP contribution >= 0.6 is 0 Å². The van der Waals surface area contributed by atoms with Crippen LogP contribution in [0.5, 0.6) is 0 Å². The van der Waals surface area contributed by atoms with Gasteiger partial charge in [-0.2, -0.15) is 0 Å². The summed E-state index contributed by atoms with van der Waals surface area (Å²) in [5.41, 5.74) is 5.76. The van der Waals surface area contributed by atoms with Crippen molar-refractivity contribution in [1.29, 1.82) is 0 Å². The van der Waals surface area contributed by atoms with E-state index in [0.29, 0.717) is 18.4 Å². The lowest BCUT2D eigenvalue weighted by molar-refractivity contribution is -0.122. The first-order valence-corrected chi connectivity index (χ1v) is 5.70. The van der Waals surface area contributed by atoms with Gasteiger partial charge in [0.2, 0.25) is 5.91 Å². The second-order valence-electron chi connectivity index (χ2n) is 4.71. The molecule has 2 unspecified atom stereocenters. The highest BCUT2D eigenvalue weighted by Gasteiger charge is 2.19. The Kier molecular flexibility index (Phi) is 5.05. The van der Waals surface area contributed by atoms with Crippen LogP contribution in [0.3, 0.4) is 0 Å². The van der Waals surface area contributed by atoms with Crippen molar-refractivity contribution < 1.29 is 9.53 Å². The number of nitrogens with two attached hydrogens (primary N) is 1. The first kappa shape index (κ1) is 12.5. The molecule has 0 bridgehead atoms. The topological polar surface area (TPSA) is 64.4 Å². The molecule has 0 spiro atoms. The van der Waals surface area contributed by atoms with Gasteiger partial charge in [-0.25, -0.2) is 0 Å². The summed E-state index contributed by atoms with van der Waals surface area (Å²) in [6.45, 7) is 6.42. The summed E-state index contributed by atoms with van der Waals surface area (Å²) in [5.74, 6) is 0.899. The average molecular weight is 214 g/mol. The van der Waals surface area contributed by atoms with Crippen molar-refractivity contribution in [2.75, 3.05) is 19.8 Å². The van der Waals surface area contributed by atoms with Gasteiger partial charge in [0.05, 0.1) is 12.6 Å². The highest BCUT2D eigenvalue weighted by molar-refractivity contribution is 5.81. The minimum atomic E-state index is -0.368. The van der Waals surface area contributed by atoms with Crippen LogP contribution in [0.2, 0.25) is 0 Å². The molecule has 1 heterocycles. The van der Waals surface area contributed by atoms with E-state index in [0.717, 1.165) is 26.1 Å². The Morgan fingerprint density at radius 1 is 1.60 bits per heavy atom. The average Bonchev–Trinajstić information content (AvgIpc) is 2.65. The van der Waals surface area contributed by atoms with Gasteiger partial charge < -0.3 is 15.8 Å². The largest absolute Gasteiger partial charge is 0.381 e. The van der Waals surface area contributed by atoms with Gasteiger partial charge in [0.15, 0.2) is 0 Å². The van der Waals surface area contributed by atoms with Gasteiger partial charge in [0.1, 0.15) is 0 Å². The normalized spacial score (nSPS) is 23.1. The first-order chi connectivity index (χ1) is 7.09. The summed E-state index contributed by atoms with van der Waals surface area (Å²) in [4.78, 5) is 11.6. The predicted molar refractivity (Wildman–Crippen MR) is 59.4 cm³/mol. The molecule has 1 aliphatic rings. The molecule has 0 aromatic heterocycles. The number of hydrogen-bond donors (Lipinski definition) is 2. The number of nitrogens with one attached hydrogen (secondary N) is 1. The fourth-order valence-electron chi connectivity index (χ4n) is 1.74. The molecule has 4 heteroatoms. The molecule has 0 aromatic carbocycles. The van der Waals surface area contributed by atoms with Crippen LogP contribution in [0.4, 0.5) is 0 Å². The number of carbonyl (C=O) groups excluding carboxylic acids is 1. The second-order valence-corrected chi connectivity index (χ2v) is 4.71. The third kappa shape index (κ3) is 4.62. The molecule has 0 saturated carbocycles. The van der Waals surface area contributed by atoms with E-state index in [1.807, 2.05) is 0 Å². The standard InChI is InChI=1S/C11H22N2O2/c1-8(2)5-10(12)11(14)13-6-9-3-4-15-7-9/h8-10H,3-7,12H2,1-2H3,(H,13,14). The quantitative estimate of drug-likeness (QED) is 0.701. The maximum atomic E-state index is 11.6. The molecule has 1 saturated heterocycles. The summed E-state index contributed by atoms with van der Waals surface area (Å²) in [6, 6.07) is -0.368. The van der Waals surface area contributed by atoms with Gasteiger partial charge in [-0.3, -0.25) is 4.79 Å². The Morgan fingerprint density at radius 2 is 2.33 bits per heavy atom. The molecule has 2 atom stereocenters. The molecule has 15 heavy (non-hydrogen) atoms. The summed E-state index contributed by atoms with van der Waals surface area (Å²) in [5, 5.41) is 2.89. The van der Waals surface area contributed by atoms with E-state index in [9.17, 15) is 4.79 Å². The first-order valence-electron chi connectivity index (χ1n) is 5.70. The third-order valence-corrected chi connectivity index (χ3v) is 2.65. The number of carbonyl (C=O) groups is 1. The lowest BCUT2D eigenvalue weighted by Gasteiger charge is -2.15. The fourth-order valence-corrected chi connectivity index (χ4v) is 1.74. The van der Waals surface area contributed by atoms with Crippen LogP contribution < -0.4 is 11.1 Å². The Morgan fingerprint density at radius 3 is 2.87 bits per heavy atom. The smallest absolute Gasteiger partial charge is 0.236 e. The van der Waals surface area contributed by atoms with Gasteiger partial charge in [-0.1, -0.05) is 13.8 Å². The predicted octanol–water partition coefficient (Wildman–Crippen LogP) is 0.513. The van der Waals surface area contributed by atoms with Gasteiger partial charge in [0, 0.05) is 19.1 Å². The van der Waals surface area contributed by atoms with Crippen molar-refractivity contribution in [3.63, 3.8) is 0 Å². The number of amides is 1. The zero-order valence-corrected chi connectivity index (χ0v) is 9.66. The van der Waals surface area contributed by atoms with Crippen LogP contribution in [-0.4, -0.2) is 31.7 Å². The maximum absolute atomic E-state index is 11.6. The third-order valence-electron chi connectivity index (χ3n) is 2.65. The lowest BCUT2D eigenvalue weighted by Crippen LogP contribution is -2.43. The zero-order valence-electron chi connectivity index (χ0n) is 9.66. The molecule has 88 valence electrons. The van der Waals surface area contributed by atoms with Crippen molar-refractivity contribution in [1.82, 2.24) is 5.32 Å². The van der Waals surface area contributed by atoms with E-state index >= 15 is 0 Å². The molecule has 4 nitrogen and oxygen atoms in total. The molecular formula is C11H22N2O2. The van der Waals surface area contributed by atoms with Gasteiger partial charge in [-0.15, -0.1) is 0 Å². The molecule has 0 aromatic rings. The van der Waals surface area contributed by atoms with E-state index in [-0.39, 0.29) is 11.9 Å². The molecular weight excluding hydrogens is 192 g/mol. The highest BCUT2D eigenvalue weighted by Crippen LogP contribution is 2.10. The van der Waals surface area contributed by atoms with E-state index in [1.54, 1.807) is 0 Å². The molecule has 1 rings (SSSR count). The lowest BCUT2D eigenvalue weighted by atomic mass is 10.0. The summed E-state index contributed by atoms with van der Waals surface area (Å²) in [6.07, 6.45) is 1.78. The molecule has 3 N–H and O–H groups in total. The van der Waals surface area contributed by atoms with E-state index in [4.69, 9.17) is 10.5 Å². The van der Waals surface area contributed by atoms with Gasteiger partial charge >= 0.3 is 0 Å². The summed E-state index contributed by atoms with van der Waals surface area (Å²) in [7, 11) is 0. The van der Waals surface area contributed by atoms with Crippen LogP contribution in [-0.2, 0) is 9.53 Å². The van der Waals surface area contributed by atoms with Crippen molar-refractivity contribution in [2.24, 2.45) is 17.6 Å². The molecule has 1 amide bonds. The Bertz CT molecular complexity index is 201. The van der Waals surface area contributed by atoms with Crippen LogP contribution in [0.25, 0.3) is 0 Å². The van der Waals surface area contributed by atoms with Crippen LogP contribution in [0, 0.1) is 11.8 Å². The number of rotatable bonds is 5. The van der Waals surface area contributed by atoms with Crippen molar-refractivity contribution in [2.45, 2.75) is 32.7 Å². The second kappa shape index (κ2) is 6.08. The Balaban J connectivity index is 2.16. The zero-order chi connectivity index (χ0) is 11.3. The number of ether oxygens (including phenoxy) is 1.